The lowest BCUT2D eigenvalue weighted by Crippen LogP contribution is -2.16. The van der Waals surface area contributed by atoms with Crippen molar-refractivity contribution in [3.05, 3.63) is 59.7 Å². The van der Waals surface area contributed by atoms with Crippen molar-refractivity contribution in [1.29, 1.82) is 0 Å². The summed E-state index contributed by atoms with van der Waals surface area (Å²) in [5.41, 5.74) is 0.642. The van der Waals surface area contributed by atoms with Crippen molar-refractivity contribution in [2.24, 2.45) is 5.92 Å². The van der Waals surface area contributed by atoms with Crippen molar-refractivity contribution in [1.82, 2.24) is 0 Å². The number of hydrogen-bond donors (Lipinski definition) is 1. The first-order valence-corrected chi connectivity index (χ1v) is 6.99. The number of halogens is 2. The summed E-state index contributed by atoms with van der Waals surface area (Å²) < 4.78 is 32.1. The summed E-state index contributed by atoms with van der Waals surface area (Å²) >= 11 is 0. The minimum atomic E-state index is -0.769. The molecule has 0 radical (unpaired) electrons. The van der Waals surface area contributed by atoms with E-state index in [0.717, 1.165) is 23.4 Å². The van der Waals surface area contributed by atoms with Gasteiger partial charge >= 0.3 is 0 Å². The molecule has 2 aromatic carbocycles. The minimum absolute atomic E-state index is 0.0840. The number of rotatable bonds is 4. The van der Waals surface area contributed by atoms with Gasteiger partial charge in [0.1, 0.15) is 23.1 Å². The lowest BCUT2D eigenvalue weighted by atomic mass is 10.1. The topological polar surface area (TPSA) is 38.3 Å². The summed E-state index contributed by atoms with van der Waals surface area (Å²) in [6.07, 6.45) is 0.675. The molecule has 3 rings (SSSR count). The van der Waals surface area contributed by atoms with E-state index in [1.807, 2.05) is 24.3 Å². The van der Waals surface area contributed by atoms with Gasteiger partial charge in [0.25, 0.3) is 0 Å². The van der Waals surface area contributed by atoms with Crippen LogP contribution < -0.4 is 10.1 Å². The van der Waals surface area contributed by atoms with Gasteiger partial charge in [0.15, 0.2) is 0 Å². The van der Waals surface area contributed by atoms with E-state index in [1.165, 1.54) is 6.07 Å². The Morgan fingerprint density at radius 1 is 1.14 bits per heavy atom. The summed E-state index contributed by atoms with van der Waals surface area (Å²) in [5, 5.41) is 2.35. The maximum atomic E-state index is 13.5. The van der Waals surface area contributed by atoms with Crippen LogP contribution in [-0.4, -0.2) is 13.0 Å². The Labute approximate surface area is 126 Å². The molecule has 0 bridgehead atoms. The predicted molar refractivity (Wildman–Crippen MR) is 78.8 cm³/mol. The molecule has 0 heterocycles. The van der Waals surface area contributed by atoms with Crippen molar-refractivity contribution < 1.29 is 18.3 Å². The molecule has 1 amide bonds. The second-order valence-electron chi connectivity index (χ2n) is 5.31. The van der Waals surface area contributed by atoms with Crippen LogP contribution in [0, 0.1) is 17.6 Å². The smallest absolute Gasteiger partial charge is 0.228 e. The van der Waals surface area contributed by atoms with Crippen LogP contribution in [0.5, 0.6) is 5.75 Å². The molecular formula is C17H15F2NO2. The van der Waals surface area contributed by atoms with Crippen LogP contribution in [0.4, 0.5) is 14.5 Å². The van der Waals surface area contributed by atoms with Crippen molar-refractivity contribution in [3.8, 4) is 5.75 Å². The summed E-state index contributed by atoms with van der Waals surface area (Å²) in [4.78, 5) is 12.1. The molecule has 0 saturated heterocycles. The van der Waals surface area contributed by atoms with Crippen molar-refractivity contribution >= 4 is 11.6 Å². The molecule has 0 aromatic heterocycles. The highest BCUT2D eigenvalue weighted by Gasteiger charge is 2.44. The van der Waals surface area contributed by atoms with E-state index in [0.29, 0.717) is 6.42 Å². The molecule has 1 N–H and O–H groups in total. The quantitative estimate of drug-likeness (QED) is 0.935. The van der Waals surface area contributed by atoms with Gasteiger partial charge in [-0.25, -0.2) is 8.78 Å². The molecule has 22 heavy (non-hydrogen) atoms. The number of hydrogen-bond acceptors (Lipinski definition) is 2. The second kappa shape index (κ2) is 5.75. The van der Waals surface area contributed by atoms with E-state index in [2.05, 4.69) is 5.32 Å². The van der Waals surface area contributed by atoms with Gasteiger partial charge in [-0.3, -0.25) is 4.79 Å². The van der Waals surface area contributed by atoms with Crippen molar-refractivity contribution in [3.63, 3.8) is 0 Å². The van der Waals surface area contributed by atoms with Crippen molar-refractivity contribution in [2.75, 3.05) is 12.4 Å². The number of methoxy groups -OCH3 is 1. The Hall–Kier alpha value is -2.43. The third kappa shape index (κ3) is 2.79. The molecule has 1 aliphatic rings. The molecule has 5 heteroatoms. The van der Waals surface area contributed by atoms with Gasteiger partial charge in [0.05, 0.1) is 7.11 Å². The van der Waals surface area contributed by atoms with Crippen LogP contribution in [0.15, 0.2) is 42.5 Å². The number of benzene rings is 2. The number of nitrogens with one attached hydrogen (secondary N) is 1. The highest BCUT2D eigenvalue weighted by atomic mass is 19.1. The van der Waals surface area contributed by atoms with Gasteiger partial charge in [-0.15, -0.1) is 0 Å². The Kier molecular flexibility index (Phi) is 3.79. The molecule has 1 fully saturated rings. The normalized spacial score (nSPS) is 19.6. The average molecular weight is 303 g/mol. The van der Waals surface area contributed by atoms with E-state index in [-0.39, 0.29) is 23.4 Å². The number of carbonyl (C=O) groups excluding carboxylic acids is 1. The van der Waals surface area contributed by atoms with Gasteiger partial charge < -0.3 is 10.1 Å². The Morgan fingerprint density at radius 3 is 2.36 bits per heavy atom. The maximum Gasteiger partial charge on any atom is 0.228 e. The largest absolute Gasteiger partial charge is 0.497 e. The number of ether oxygens (including phenoxy) is 1. The van der Waals surface area contributed by atoms with E-state index in [9.17, 15) is 13.6 Å². The third-order valence-electron chi connectivity index (χ3n) is 3.88. The highest BCUT2D eigenvalue weighted by molar-refractivity contribution is 5.95. The van der Waals surface area contributed by atoms with E-state index in [1.54, 1.807) is 7.11 Å². The van der Waals surface area contributed by atoms with Gasteiger partial charge in [0, 0.05) is 5.92 Å². The lowest BCUT2D eigenvalue weighted by Gasteiger charge is -2.07. The molecule has 1 aliphatic carbocycles. The summed E-state index contributed by atoms with van der Waals surface area (Å²) in [5.74, 6) is -1.32. The molecule has 0 aliphatic heterocycles. The first-order valence-electron chi connectivity index (χ1n) is 6.99. The molecule has 2 aromatic rings. The van der Waals surface area contributed by atoms with E-state index in [4.69, 9.17) is 4.74 Å². The fraction of sp³-hybridized carbons (Fsp3) is 0.235. The Morgan fingerprint density at radius 2 is 1.77 bits per heavy atom. The molecule has 0 spiro atoms. The third-order valence-corrected chi connectivity index (χ3v) is 3.88. The maximum absolute atomic E-state index is 13.5. The number of amides is 1. The zero-order valence-electron chi connectivity index (χ0n) is 12.0. The van der Waals surface area contributed by atoms with Gasteiger partial charge in [-0.1, -0.05) is 18.2 Å². The Balaban J connectivity index is 1.67. The van der Waals surface area contributed by atoms with E-state index >= 15 is 0 Å². The lowest BCUT2D eigenvalue weighted by molar-refractivity contribution is -0.117. The molecule has 2 unspecified atom stereocenters. The molecule has 2 atom stereocenters. The van der Waals surface area contributed by atoms with E-state index < -0.39 is 11.6 Å². The summed E-state index contributed by atoms with van der Waals surface area (Å²) in [7, 11) is 1.59. The van der Waals surface area contributed by atoms with Gasteiger partial charge in [-0.05, 0) is 42.2 Å². The molecule has 3 nitrogen and oxygen atoms in total. The molecular weight excluding hydrogens is 288 g/mol. The standard InChI is InChI=1S/C17H15F2NO2/c1-22-11-7-5-10(6-8-11)12-9-13(12)17(21)20-16-14(18)3-2-4-15(16)19/h2-8,12-13H,9H2,1H3,(H,20,21). The Bertz CT molecular complexity index is 680. The van der Waals surface area contributed by atoms with Crippen LogP contribution in [0.25, 0.3) is 0 Å². The second-order valence-corrected chi connectivity index (χ2v) is 5.31. The average Bonchev–Trinajstić information content (AvgIpc) is 3.32. The first-order chi connectivity index (χ1) is 10.6. The monoisotopic (exact) mass is 303 g/mol. The van der Waals surface area contributed by atoms with Crippen LogP contribution in [0.2, 0.25) is 0 Å². The first kappa shape index (κ1) is 14.5. The van der Waals surface area contributed by atoms with Gasteiger partial charge in [0.2, 0.25) is 5.91 Å². The minimum Gasteiger partial charge on any atom is -0.497 e. The summed E-state index contributed by atoms with van der Waals surface area (Å²) in [6.45, 7) is 0. The van der Waals surface area contributed by atoms with Crippen molar-refractivity contribution in [2.45, 2.75) is 12.3 Å². The summed E-state index contributed by atoms with van der Waals surface area (Å²) in [6, 6.07) is 11.0. The zero-order valence-corrected chi connectivity index (χ0v) is 12.0. The van der Waals surface area contributed by atoms with Gasteiger partial charge in [-0.2, -0.15) is 0 Å². The molecule has 114 valence electrons. The molecule has 1 saturated carbocycles. The number of anilines is 1. The van der Waals surface area contributed by atoms with Crippen LogP contribution in [0.3, 0.4) is 0 Å². The van der Waals surface area contributed by atoms with Crippen LogP contribution >= 0.6 is 0 Å². The zero-order chi connectivity index (χ0) is 15.7. The van der Waals surface area contributed by atoms with Crippen LogP contribution in [-0.2, 0) is 4.79 Å². The number of para-hydroxylation sites is 1. The fourth-order valence-corrected chi connectivity index (χ4v) is 2.54. The predicted octanol–water partition coefficient (Wildman–Crippen LogP) is 3.72. The SMILES string of the molecule is COc1ccc(C2CC2C(=O)Nc2c(F)cccc2F)cc1. The fourth-order valence-electron chi connectivity index (χ4n) is 2.54. The highest BCUT2D eigenvalue weighted by Crippen LogP contribution is 2.48. The number of carbonyl (C=O) groups is 1. The van der Waals surface area contributed by atoms with Crippen LogP contribution in [0.1, 0.15) is 17.9 Å².